The van der Waals surface area contributed by atoms with Crippen molar-refractivity contribution in [1.29, 1.82) is 0 Å². The van der Waals surface area contributed by atoms with Crippen LogP contribution in [0.25, 0.3) is 17.2 Å². The van der Waals surface area contributed by atoms with E-state index in [9.17, 15) is 0 Å². The van der Waals surface area contributed by atoms with E-state index in [0.29, 0.717) is 0 Å². The molecule has 0 atom stereocenters. The van der Waals surface area contributed by atoms with Crippen LogP contribution < -0.4 is 35.3 Å². The third-order valence-corrected chi connectivity index (χ3v) is 6.16. The molecule has 0 fully saturated rings. The SMILES string of the molecule is CC(C)=c1c(C(C)(C)C)cc2c(c1C1=CC=CC1)[C-]=c1ccc(C(C)(C)C)cc1=2.[Cl-].[Cl-].[Zr+3]. The molecular formula is C29H33Cl2Zr. The molecule has 0 unspecified atom stereocenters. The minimum absolute atomic E-state index is 0. The van der Waals surface area contributed by atoms with Crippen molar-refractivity contribution in [1.82, 2.24) is 0 Å². The molecule has 4 rings (SSSR count). The average Bonchev–Trinajstić information content (AvgIpc) is 3.25. The van der Waals surface area contributed by atoms with Crippen LogP contribution in [0.2, 0.25) is 0 Å². The van der Waals surface area contributed by atoms with E-state index >= 15 is 0 Å². The Bertz CT molecular complexity index is 1290. The van der Waals surface area contributed by atoms with Gasteiger partial charge in [-0.2, -0.15) is 0 Å². The molecule has 0 N–H and O–H groups in total. The number of fused-ring (bicyclic) bond motifs is 2. The zero-order valence-corrected chi connectivity index (χ0v) is 24.5. The average molecular weight is 544 g/mol. The van der Waals surface area contributed by atoms with Crippen molar-refractivity contribution in [3.8, 4) is 0 Å². The summed E-state index contributed by atoms with van der Waals surface area (Å²) in [5.74, 6) is 0. The largest absolute Gasteiger partial charge is 3.00 e. The molecule has 3 heteroatoms. The maximum Gasteiger partial charge on any atom is 3.00 e. The van der Waals surface area contributed by atoms with Crippen LogP contribution >= 0.6 is 0 Å². The molecule has 2 aromatic carbocycles. The molecule has 2 aliphatic rings. The number of benzene rings is 2. The first-order valence-electron chi connectivity index (χ1n) is 10.8. The van der Waals surface area contributed by atoms with Crippen molar-refractivity contribution in [3.63, 3.8) is 0 Å². The number of hydrogen-bond donors (Lipinski definition) is 0. The van der Waals surface area contributed by atoms with Gasteiger partial charge in [0.1, 0.15) is 0 Å². The zero-order valence-electron chi connectivity index (χ0n) is 20.5. The number of halogens is 2. The van der Waals surface area contributed by atoms with Gasteiger partial charge in [0.15, 0.2) is 0 Å². The maximum atomic E-state index is 3.79. The first kappa shape index (κ1) is 29.2. The summed E-state index contributed by atoms with van der Waals surface area (Å²) >= 11 is 0. The molecule has 0 aromatic heterocycles. The van der Waals surface area contributed by atoms with Gasteiger partial charge in [0.25, 0.3) is 0 Å². The van der Waals surface area contributed by atoms with Crippen molar-refractivity contribution >= 4 is 17.2 Å². The van der Waals surface area contributed by atoms with Gasteiger partial charge in [0.2, 0.25) is 0 Å². The molecule has 0 amide bonds. The van der Waals surface area contributed by atoms with Crippen LogP contribution in [-0.4, -0.2) is 0 Å². The molecule has 2 aliphatic carbocycles. The first-order chi connectivity index (χ1) is 13.5. The molecule has 0 saturated heterocycles. The summed E-state index contributed by atoms with van der Waals surface area (Å²) in [6.07, 6.45) is 11.5. The minimum atomic E-state index is 0. The summed E-state index contributed by atoms with van der Waals surface area (Å²) in [4.78, 5) is 0. The molecular weight excluding hydrogens is 510 g/mol. The van der Waals surface area contributed by atoms with E-state index in [1.165, 1.54) is 54.3 Å². The summed E-state index contributed by atoms with van der Waals surface area (Å²) in [7, 11) is 0. The van der Waals surface area contributed by atoms with Crippen molar-refractivity contribution in [2.75, 3.05) is 0 Å². The van der Waals surface area contributed by atoms with Gasteiger partial charge >= 0.3 is 26.2 Å². The molecule has 2 aromatic rings. The summed E-state index contributed by atoms with van der Waals surface area (Å²) < 4.78 is 0. The topological polar surface area (TPSA) is 0 Å². The fraction of sp³-hybridized carbons (Fsp3) is 0.379. The second-order valence-corrected chi connectivity index (χ2v) is 10.8. The predicted molar refractivity (Wildman–Crippen MR) is 126 cm³/mol. The van der Waals surface area contributed by atoms with Gasteiger partial charge in [0.05, 0.1) is 0 Å². The molecule has 32 heavy (non-hydrogen) atoms. The third-order valence-electron chi connectivity index (χ3n) is 6.16. The molecule has 0 bridgehead atoms. The Kier molecular flexibility index (Phi) is 9.27. The van der Waals surface area contributed by atoms with Crippen molar-refractivity contribution in [2.24, 2.45) is 0 Å². The minimum Gasteiger partial charge on any atom is -1.00 e. The Morgan fingerprint density at radius 1 is 0.875 bits per heavy atom. The summed E-state index contributed by atoms with van der Waals surface area (Å²) in [5, 5.41) is 5.34. The summed E-state index contributed by atoms with van der Waals surface area (Å²) in [5.41, 5.74) is 8.51. The van der Waals surface area contributed by atoms with E-state index in [0.717, 1.165) is 6.42 Å². The van der Waals surface area contributed by atoms with Crippen molar-refractivity contribution in [3.05, 3.63) is 85.6 Å². The van der Waals surface area contributed by atoms with Crippen LogP contribution in [-0.2, 0) is 37.0 Å². The zero-order chi connectivity index (χ0) is 21.1. The quantitative estimate of drug-likeness (QED) is 0.383. The summed E-state index contributed by atoms with van der Waals surface area (Å²) in [6, 6.07) is 9.39. The molecule has 0 saturated carbocycles. The van der Waals surface area contributed by atoms with Gasteiger partial charge in [-0.25, -0.2) is 0 Å². The maximum absolute atomic E-state index is 3.79. The van der Waals surface area contributed by atoms with E-state index in [2.05, 4.69) is 104 Å². The predicted octanol–water partition coefficient (Wildman–Crippen LogP) is 0.127. The Labute approximate surface area is 225 Å². The summed E-state index contributed by atoms with van der Waals surface area (Å²) in [6.45, 7) is 18.4. The Balaban J connectivity index is 0.00000171. The number of rotatable bonds is 1. The Morgan fingerprint density at radius 2 is 1.53 bits per heavy atom. The van der Waals surface area contributed by atoms with Gasteiger partial charge in [-0.15, -0.1) is 33.4 Å². The van der Waals surface area contributed by atoms with Gasteiger partial charge in [-0.1, -0.05) is 100 Å². The van der Waals surface area contributed by atoms with Crippen LogP contribution in [0, 0.1) is 10.4 Å². The molecule has 0 aliphatic heterocycles. The fourth-order valence-electron chi connectivity index (χ4n) is 4.57. The first-order valence-corrected chi connectivity index (χ1v) is 10.8. The van der Waals surface area contributed by atoms with E-state index in [-0.39, 0.29) is 61.8 Å². The monoisotopic (exact) mass is 541 g/mol. The number of hydrogen-bond acceptors (Lipinski definition) is 0. The standard InChI is InChI=1S/C29H33.2ClH.Zr/c1-18(2)26-25(29(6,7)8)17-23-22-16-21(28(3,4)5)14-13-20(22)15-24(23)27(26)19-11-9-10-12-19;;;/h9-11,13-14,16-17H,12H2,1-8H3;2*1H;/q-1;;;+3/p-2. The van der Waals surface area contributed by atoms with E-state index < -0.39 is 0 Å². The smallest absolute Gasteiger partial charge is 1.00 e. The Morgan fingerprint density at radius 3 is 2.03 bits per heavy atom. The number of allylic oxidation sites excluding steroid dienone is 4. The van der Waals surface area contributed by atoms with Crippen LogP contribution in [0.3, 0.4) is 0 Å². The molecule has 1 radical (unpaired) electrons. The second-order valence-electron chi connectivity index (χ2n) is 10.8. The van der Waals surface area contributed by atoms with Crippen molar-refractivity contribution < 1.29 is 51.0 Å². The molecule has 167 valence electrons. The van der Waals surface area contributed by atoms with Gasteiger partial charge in [-0.3, -0.25) is 0 Å². The van der Waals surface area contributed by atoms with Gasteiger partial charge in [-0.05, 0) is 41.9 Å². The van der Waals surface area contributed by atoms with E-state index in [1.807, 2.05) is 0 Å². The molecule has 0 nitrogen and oxygen atoms in total. The normalized spacial score (nSPS) is 13.7. The van der Waals surface area contributed by atoms with Crippen LogP contribution in [0.5, 0.6) is 0 Å². The van der Waals surface area contributed by atoms with Crippen LogP contribution in [0.15, 0.2) is 42.5 Å². The third kappa shape index (κ3) is 5.11. The second kappa shape index (κ2) is 10.2. The van der Waals surface area contributed by atoms with Gasteiger partial charge < -0.3 is 24.8 Å². The molecule has 0 heterocycles. The van der Waals surface area contributed by atoms with Gasteiger partial charge in [0, 0.05) is 0 Å². The fourth-order valence-corrected chi connectivity index (χ4v) is 4.57. The van der Waals surface area contributed by atoms with Crippen LogP contribution in [0.4, 0.5) is 0 Å². The van der Waals surface area contributed by atoms with Crippen molar-refractivity contribution in [2.45, 2.75) is 72.6 Å². The van der Waals surface area contributed by atoms with E-state index in [1.54, 1.807) is 0 Å². The Hall–Kier alpha value is -0.877. The van der Waals surface area contributed by atoms with E-state index in [4.69, 9.17) is 0 Å². The van der Waals surface area contributed by atoms with Crippen LogP contribution in [0.1, 0.15) is 84.1 Å². The molecule has 0 spiro atoms.